The Labute approximate surface area is 155 Å². The van der Waals surface area contributed by atoms with E-state index in [1.54, 1.807) is 41.1 Å². The first-order chi connectivity index (χ1) is 11.9. The van der Waals surface area contributed by atoms with Crippen molar-refractivity contribution < 1.29 is 4.79 Å². The summed E-state index contributed by atoms with van der Waals surface area (Å²) in [6, 6.07) is 13.7. The second-order valence-corrected chi connectivity index (χ2v) is 6.68. The maximum Gasteiger partial charge on any atom is 0.240 e. The van der Waals surface area contributed by atoms with E-state index in [-0.39, 0.29) is 23.9 Å². The molecule has 0 aliphatic carbocycles. The Morgan fingerprint density at radius 2 is 1.76 bits per heavy atom. The molecule has 0 radical (unpaired) electrons. The standard InChI is InChI=1S/C19H16Cl2N2O2/c1-12(13-2-4-14(20)5-3-13)22-19(25)11-23-9-8-18(24)16-10-15(21)6-7-17(16)23/h2-10,12H,11H2,1H3,(H,22,25). The van der Waals surface area contributed by atoms with Gasteiger partial charge in [-0.05, 0) is 42.8 Å². The predicted molar refractivity (Wildman–Crippen MR) is 101 cm³/mol. The highest BCUT2D eigenvalue weighted by Gasteiger charge is 2.11. The normalized spacial score (nSPS) is 12.1. The first-order valence-corrected chi connectivity index (χ1v) is 8.53. The monoisotopic (exact) mass is 374 g/mol. The van der Waals surface area contributed by atoms with Gasteiger partial charge in [0.15, 0.2) is 5.43 Å². The number of fused-ring (bicyclic) bond motifs is 1. The summed E-state index contributed by atoms with van der Waals surface area (Å²) >= 11 is 11.8. The number of hydrogen-bond donors (Lipinski definition) is 1. The van der Waals surface area contributed by atoms with Crippen molar-refractivity contribution in [3.63, 3.8) is 0 Å². The average molecular weight is 375 g/mol. The van der Waals surface area contributed by atoms with E-state index >= 15 is 0 Å². The maximum atomic E-state index is 12.4. The number of carbonyl (C=O) groups is 1. The fourth-order valence-electron chi connectivity index (χ4n) is 2.70. The third-order valence-corrected chi connectivity index (χ3v) is 4.49. The van der Waals surface area contributed by atoms with Gasteiger partial charge in [-0.2, -0.15) is 0 Å². The Hall–Kier alpha value is -2.30. The van der Waals surface area contributed by atoms with Gasteiger partial charge in [-0.15, -0.1) is 0 Å². The number of rotatable bonds is 4. The third kappa shape index (κ3) is 4.03. The average Bonchev–Trinajstić information content (AvgIpc) is 2.58. The molecule has 128 valence electrons. The van der Waals surface area contributed by atoms with Crippen molar-refractivity contribution in [3.05, 3.63) is 80.6 Å². The molecule has 0 saturated heterocycles. The number of carbonyl (C=O) groups excluding carboxylic acids is 1. The minimum Gasteiger partial charge on any atom is -0.348 e. The number of halogens is 2. The second kappa shape index (κ2) is 7.30. The first kappa shape index (κ1) is 17.5. The zero-order valence-electron chi connectivity index (χ0n) is 13.5. The van der Waals surface area contributed by atoms with Crippen molar-refractivity contribution in [2.75, 3.05) is 0 Å². The fourth-order valence-corrected chi connectivity index (χ4v) is 3.00. The summed E-state index contributed by atoms with van der Waals surface area (Å²) < 4.78 is 1.73. The number of amides is 1. The predicted octanol–water partition coefficient (Wildman–Crippen LogP) is 4.19. The molecule has 0 saturated carbocycles. The molecule has 4 nitrogen and oxygen atoms in total. The van der Waals surface area contributed by atoms with Gasteiger partial charge < -0.3 is 9.88 Å². The third-order valence-electron chi connectivity index (χ3n) is 4.00. The molecule has 0 spiro atoms. The van der Waals surface area contributed by atoms with Crippen LogP contribution in [0.1, 0.15) is 18.5 Å². The van der Waals surface area contributed by atoms with Crippen LogP contribution in [-0.2, 0) is 11.3 Å². The largest absolute Gasteiger partial charge is 0.348 e. The van der Waals surface area contributed by atoms with Gasteiger partial charge in [-0.3, -0.25) is 9.59 Å². The highest BCUT2D eigenvalue weighted by atomic mass is 35.5. The van der Waals surface area contributed by atoms with Crippen molar-refractivity contribution in [1.29, 1.82) is 0 Å². The van der Waals surface area contributed by atoms with Gasteiger partial charge in [0.2, 0.25) is 5.91 Å². The van der Waals surface area contributed by atoms with E-state index in [4.69, 9.17) is 23.2 Å². The van der Waals surface area contributed by atoms with Crippen LogP contribution in [0.3, 0.4) is 0 Å². The van der Waals surface area contributed by atoms with Crippen LogP contribution in [0.4, 0.5) is 0 Å². The lowest BCUT2D eigenvalue weighted by Crippen LogP contribution is -2.30. The molecule has 0 bridgehead atoms. The molecule has 0 aliphatic rings. The molecule has 6 heteroatoms. The first-order valence-electron chi connectivity index (χ1n) is 7.77. The van der Waals surface area contributed by atoms with Crippen molar-refractivity contribution in [3.8, 4) is 0 Å². The molecule has 1 unspecified atom stereocenters. The zero-order valence-corrected chi connectivity index (χ0v) is 15.0. The highest BCUT2D eigenvalue weighted by Crippen LogP contribution is 2.18. The van der Waals surface area contributed by atoms with E-state index in [0.717, 1.165) is 5.56 Å². The SMILES string of the molecule is CC(NC(=O)Cn1ccc(=O)c2cc(Cl)ccc21)c1ccc(Cl)cc1. The fraction of sp³-hybridized carbons (Fsp3) is 0.158. The van der Waals surface area contributed by atoms with Crippen LogP contribution in [0, 0.1) is 0 Å². The van der Waals surface area contributed by atoms with Crippen LogP contribution in [0.25, 0.3) is 10.9 Å². The van der Waals surface area contributed by atoms with Gasteiger partial charge in [-0.1, -0.05) is 35.3 Å². The van der Waals surface area contributed by atoms with Crippen molar-refractivity contribution in [2.45, 2.75) is 19.5 Å². The molecular weight excluding hydrogens is 359 g/mol. The molecule has 0 fully saturated rings. The Morgan fingerprint density at radius 1 is 1.08 bits per heavy atom. The van der Waals surface area contributed by atoms with Crippen LogP contribution < -0.4 is 10.7 Å². The quantitative estimate of drug-likeness (QED) is 0.744. The lowest BCUT2D eigenvalue weighted by Gasteiger charge is -2.16. The maximum absolute atomic E-state index is 12.4. The lowest BCUT2D eigenvalue weighted by atomic mass is 10.1. The van der Waals surface area contributed by atoms with Crippen molar-refractivity contribution >= 4 is 40.0 Å². The Balaban J connectivity index is 1.79. The van der Waals surface area contributed by atoms with E-state index in [0.29, 0.717) is 20.9 Å². The van der Waals surface area contributed by atoms with Crippen molar-refractivity contribution in [1.82, 2.24) is 9.88 Å². The smallest absolute Gasteiger partial charge is 0.240 e. The van der Waals surface area contributed by atoms with Crippen LogP contribution in [0.2, 0.25) is 10.0 Å². The van der Waals surface area contributed by atoms with Crippen LogP contribution >= 0.6 is 23.2 Å². The number of nitrogens with one attached hydrogen (secondary N) is 1. The van der Waals surface area contributed by atoms with E-state index in [1.165, 1.54) is 6.07 Å². The molecular formula is C19H16Cl2N2O2. The summed E-state index contributed by atoms with van der Waals surface area (Å²) in [7, 11) is 0. The lowest BCUT2D eigenvalue weighted by molar-refractivity contribution is -0.122. The van der Waals surface area contributed by atoms with Crippen LogP contribution in [-0.4, -0.2) is 10.5 Å². The van der Waals surface area contributed by atoms with E-state index in [9.17, 15) is 9.59 Å². The Morgan fingerprint density at radius 3 is 2.48 bits per heavy atom. The van der Waals surface area contributed by atoms with Crippen LogP contribution in [0.5, 0.6) is 0 Å². The highest BCUT2D eigenvalue weighted by molar-refractivity contribution is 6.31. The van der Waals surface area contributed by atoms with Gasteiger partial charge >= 0.3 is 0 Å². The van der Waals surface area contributed by atoms with Gasteiger partial charge in [0.25, 0.3) is 0 Å². The molecule has 25 heavy (non-hydrogen) atoms. The molecule has 1 amide bonds. The van der Waals surface area contributed by atoms with Gasteiger partial charge in [0.05, 0.1) is 11.6 Å². The summed E-state index contributed by atoms with van der Waals surface area (Å²) in [5, 5.41) is 4.58. The van der Waals surface area contributed by atoms with Gasteiger partial charge in [0, 0.05) is 27.7 Å². The molecule has 3 rings (SSSR count). The number of hydrogen-bond acceptors (Lipinski definition) is 2. The summed E-state index contributed by atoms with van der Waals surface area (Å²) in [6.45, 7) is 2.01. The topological polar surface area (TPSA) is 51.1 Å². The zero-order chi connectivity index (χ0) is 18.0. The summed E-state index contributed by atoms with van der Waals surface area (Å²) in [5.74, 6) is -0.151. The minimum atomic E-state index is -0.151. The van der Waals surface area contributed by atoms with Gasteiger partial charge in [-0.25, -0.2) is 0 Å². The summed E-state index contributed by atoms with van der Waals surface area (Å²) in [6.07, 6.45) is 1.62. The van der Waals surface area contributed by atoms with Gasteiger partial charge in [0.1, 0.15) is 6.54 Å². The Kier molecular flexibility index (Phi) is 5.11. The molecule has 1 atom stereocenters. The number of aromatic nitrogens is 1. The molecule has 2 aromatic carbocycles. The molecule has 3 aromatic rings. The summed E-state index contributed by atoms with van der Waals surface area (Å²) in [5.41, 5.74) is 1.52. The van der Waals surface area contributed by atoms with E-state index in [1.807, 2.05) is 19.1 Å². The number of benzene rings is 2. The number of pyridine rings is 1. The van der Waals surface area contributed by atoms with Crippen LogP contribution in [0.15, 0.2) is 59.5 Å². The summed E-state index contributed by atoms with van der Waals surface area (Å²) in [4.78, 5) is 24.4. The molecule has 1 aromatic heterocycles. The molecule has 1 heterocycles. The Bertz CT molecular complexity index is 981. The second-order valence-electron chi connectivity index (χ2n) is 5.81. The van der Waals surface area contributed by atoms with E-state index < -0.39 is 0 Å². The molecule has 1 N–H and O–H groups in total. The number of nitrogens with zero attached hydrogens (tertiary/aromatic N) is 1. The van der Waals surface area contributed by atoms with Crippen molar-refractivity contribution in [2.24, 2.45) is 0 Å². The molecule has 0 aliphatic heterocycles. The van der Waals surface area contributed by atoms with E-state index in [2.05, 4.69) is 5.32 Å². The minimum absolute atomic E-state index is 0.107.